The van der Waals surface area contributed by atoms with Gasteiger partial charge >= 0.3 is 5.97 Å². The molecular weight excluding hydrogens is 150 g/mol. The van der Waals surface area contributed by atoms with E-state index in [1.54, 1.807) is 11.9 Å². The Morgan fingerprint density at radius 1 is 1.90 bits per heavy atom. The summed E-state index contributed by atoms with van der Waals surface area (Å²) in [4.78, 5) is 13.2. The molecule has 0 bridgehead atoms. The van der Waals surface area contributed by atoms with Gasteiger partial charge in [0.1, 0.15) is 0 Å². The van der Waals surface area contributed by atoms with Crippen molar-refractivity contribution in [2.24, 2.45) is 0 Å². The number of allylic oxidation sites excluding steroid dienone is 1. The number of hydrogen-bond donors (Lipinski definition) is 1. The molecule has 1 heterocycles. The predicted molar refractivity (Wildman–Crippen MR) is 40.5 cm³/mol. The summed E-state index contributed by atoms with van der Waals surface area (Å²) in [6, 6.07) is 0. The van der Waals surface area contributed by atoms with Gasteiger partial charge in [-0.3, -0.25) is 0 Å². The minimum Gasteiger partial charge on any atom is -0.479 e. The Labute approximate surface area is 63.7 Å². The normalized spacial score (nSPS) is 24.8. The number of likely N-dealkylation sites (N-methyl/N-ethyl adjacent to an activating group) is 1. The molecule has 0 aliphatic carbocycles. The Kier molecular flexibility index (Phi) is 1.89. The number of carbonyl (C=O) groups is 1. The average molecular weight is 159 g/mol. The number of nitrogens with zero attached hydrogens (tertiary/aromatic N) is 1. The molecule has 0 spiro atoms. The molecule has 3 nitrogen and oxygen atoms in total. The highest BCUT2D eigenvalue weighted by Gasteiger charge is 2.26. The molecule has 1 N–H and O–H groups in total. The summed E-state index contributed by atoms with van der Waals surface area (Å²) >= 11 is 1.37. The first-order valence-corrected chi connectivity index (χ1v) is 3.79. The van der Waals surface area contributed by atoms with Crippen LogP contribution in [0.4, 0.5) is 0 Å². The van der Waals surface area contributed by atoms with Crippen LogP contribution in [0.15, 0.2) is 11.1 Å². The maximum Gasteiger partial charge on any atom is 0.337 e. The van der Waals surface area contributed by atoms with Crippen molar-refractivity contribution in [3.8, 4) is 0 Å². The van der Waals surface area contributed by atoms with Crippen LogP contribution >= 0.6 is 11.8 Å². The summed E-state index contributed by atoms with van der Waals surface area (Å²) < 4.78 is 0. The molecule has 1 rings (SSSR count). The van der Waals surface area contributed by atoms with Crippen LogP contribution in [0.5, 0.6) is 0 Å². The van der Waals surface area contributed by atoms with Gasteiger partial charge in [-0.2, -0.15) is 0 Å². The fourth-order valence-electron chi connectivity index (χ4n) is 0.869. The topological polar surface area (TPSA) is 40.5 Å². The quantitative estimate of drug-likeness (QED) is 0.618. The van der Waals surface area contributed by atoms with E-state index in [-0.39, 0.29) is 0 Å². The first-order chi connectivity index (χ1) is 4.61. The first-order valence-electron chi connectivity index (χ1n) is 2.91. The molecule has 4 heteroatoms. The molecule has 1 aliphatic rings. The summed E-state index contributed by atoms with van der Waals surface area (Å²) in [6.45, 7) is 1.91. The van der Waals surface area contributed by atoms with E-state index in [9.17, 15) is 4.79 Å². The van der Waals surface area contributed by atoms with Gasteiger partial charge < -0.3 is 10.0 Å². The van der Waals surface area contributed by atoms with Crippen molar-refractivity contribution < 1.29 is 9.90 Å². The third-order valence-electron chi connectivity index (χ3n) is 1.26. The van der Waals surface area contributed by atoms with Crippen LogP contribution in [-0.4, -0.2) is 28.4 Å². The molecule has 1 atom stereocenters. The van der Waals surface area contributed by atoms with E-state index in [0.717, 1.165) is 4.91 Å². The van der Waals surface area contributed by atoms with E-state index in [1.165, 1.54) is 11.8 Å². The standard InChI is InChI=1S/C6H9NO2S/c1-4-3-7(2)5(10-4)6(8)9/h3,5H,1-2H3,(H,8,9). The molecule has 0 fully saturated rings. The summed E-state index contributed by atoms with van der Waals surface area (Å²) in [5, 5.41) is 8.19. The average Bonchev–Trinajstić information content (AvgIpc) is 2.10. The Bertz CT molecular complexity index is 190. The van der Waals surface area contributed by atoms with Crippen LogP contribution in [0.1, 0.15) is 6.92 Å². The van der Waals surface area contributed by atoms with Gasteiger partial charge in [-0.25, -0.2) is 4.79 Å². The van der Waals surface area contributed by atoms with Gasteiger partial charge in [-0.05, 0) is 6.92 Å². The van der Waals surface area contributed by atoms with E-state index in [1.807, 2.05) is 13.1 Å². The van der Waals surface area contributed by atoms with Crippen LogP contribution in [0, 0.1) is 0 Å². The van der Waals surface area contributed by atoms with Crippen molar-refractivity contribution in [1.82, 2.24) is 4.90 Å². The molecule has 0 aromatic heterocycles. The van der Waals surface area contributed by atoms with Gasteiger partial charge in [0.05, 0.1) is 0 Å². The minimum atomic E-state index is -0.777. The minimum absolute atomic E-state index is 0.417. The Hall–Kier alpha value is -0.640. The van der Waals surface area contributed by atoms with Gasteiger partial charge in [0.25, 0.3) is 0 Å². The van der Waals surface area contributed by atoms with Gasteiger partial charge in [-0.1, -0.05) is 11.8 Å². The summed E-state index contributed by atoms with van der Waals surface area (Å²) in [6.07, 6.45) is 1.84. The van der Waals surface area contributed by atoms with Crippen LogP contribution < -0.4 is 0 Å². The first kappa shape index (κ1) is 7.47. The molecule has 56 valence electrons. The highest BCUT2D eigenvalue weighted by Crippen LogP contribution is 2.30. The highest BCUT2D eigenvalue weighted by atomic mass is 32.2. The molecule has 0 amide bonds. The molecule has 0 radical (unpaired) electrons. The predicted octanol–water partition coefficient (Wildman–Crippen LogP) is 0.937. The van der Waals surface area contributed by atoms with Gasteiger partial charge in [-0.15, -0.1) is 0 Å². The molecule has 0 aromatic carbocycles. The van der Waals surface area contributed by atoms with Crippen LogP contribution in [-0.2, 0) is 4.79 Å². The molecule has 0 aromatic rings. The van der Waals surface area contributed by atoms with Crippen LogP contribution in [0.25, 0.3) is 0 Å². The van der Waals surface area contributed by atoms with Gasteiger partial charge in [0, 0.05) is 18.2 Å². The fourth-order valence-corrected chi connectivity index (χ4v) is 1.78. The zero-order chi connectivity index (χ0) is 7.72. The Morgan fingerprint density at radius 3 is 2.70 bits per heavy atom. The molecule has 1 unspecified atom stereocenters. The lowest BCUT2D eigenvalue weighted by Crippen LogP contribution is -2.28. The van der Waals surface area contributed by atoms with Crippen LogP contribution in [0.2, 0.25) is 0 Å². The number of thioether (sulfide) groups is 1. The van der Waals surface area contributed by atoms with Gasteiger partial charge in [0.15, 0.2) is 5.37 Å². The largest absolute Gasteiger partial charge is 0.479 e. The summed E-state index contributed by atoms with van der Waals surface area (Å²) in [5.74, 6) is -0.777. The second-order valence-corrected chi connectivity index (χ2v) is 3.54. The number of carboxylic acid groups (broad SMARTS) is 1. The van der Waals surface area contributed by atoms with Crippen molar-refractivity contribution >= 4 is 17.7 Å². The molecule has 1 aliphatic heterocycles. The number of aliphatic carboxylic acids is 1. The van der Waals surface area contributed by atoms with Crippen molar-refractivity contribution in [3.05, 3.63) is 11.1 Å². The lowest BCUT2D eigenvalue weighted by molar-refractivity contribution is -0.138. The Morgan fingerprint density at radius 2 is 2.50 bits per heavy atom. The van der Waals surface area contributed by atoms with Gasteiger partial charge in [0.2, 0.25) is 0 Å². The second kappa shape index (κ2) is 2.54. The highest BCUT2D eigenvalue weighted by molar-refractivity contribution is 8.04. The molecule has 0 saturated heterocycles. The monoisotopic (exact) mass is 159 g/mol. The number of carboxylic acids is 1. The fraction of sp³-hybridized carbons (Fsp3) is 0.500. The summed E-state index contributed by atoms with van der Waals surface area (Å²) in [5.41, 5.74) is 0. The lowest BCUT2D eigenvalue weighted by Gasteiger charge is -2.13. The second-order valence-electron chi connectivity index (χ2n) is 2.21. The van der Waals surface area contributed by atoms with E-state index in [2.05, 4.69) is 0 Å². The van der Waals surface area contributed by atoms with Crippen molar-refractivity contribution in [2.75, 3.05) is 7.05 Å². The third-order valence-corrected chi connectivity index (χ3v) is 2.50. The zero-order valence-corrected chi connectivity index (χ0v) is 6.68. The summed E-state index contributed by atoms with van der Waals surface area (Å²) in [7, 11) is 1.77. The SMILES string of the molecule is CC1=CN(C)C(C(=O)O)S1. The lowest BCUT2D eigenvalue weighted by atomic mass is 10.5. The smallest absolute Gasteiger partial charge is 0.337 e. The Balaban J connectivity index is 2.63. The molecule has 10 heavy (non-hydrogen) atoms. The maximum atomic E-state index is 10.5. The van der Waals surface area contributed by atoms with E-state index in [0.29, 0.717) is 0 Å². The third kappa shape index (κ3) is 1.26. The van der Waals surface area contributed by atoms with Crippen molar-refractivity contribution in [1.29, 1.82) is 0 Å². The van der Waals surface area contributed by atoms with E-state index < -0.39 is 11.3 Å². The van der Waals surface area contributed by atoms with Crippen molar-refractivity contribution in [3.63, 3.8) is 0 Å². The maximum absolute atomic E-state index is 10.5. The zero-order valence-electron chi connectivity index (χ0n) is 5.87. The number of rotatable bonds is 1. The van der Waals surface area contributed by atoms with E-state index in [4.69, 9.17) is 5.11 Å². The number of hydrogen-bond acceptors (Lipinski definition) is 3. The van der Waals surface area contributed by atoms with Crippen LogP contribution in [0.3, 0.4) is 0 Å². The van der Waals surface area contributed by atoms with E-state index >= 15 is 0 Å². The molecular formula is C6H9NO2S. The molecule has 0 saturated carbocycles. The van der Waals surface area contributed by atoms with Crippen molar-refractivity contribution in [2.45, 2.75) is 12.3 Å².